The summed E-state index contributed by atoms with van der Waals surface area (Å²) < 4.78 is 1.71. The molecule has 2 N–H and O–H groups in total. The summed E-state index contributed by atoms with van der Waals surface area (Å²) in [6, 6.07) is 15.0. The second-order valence-electron chi connectivity index (χ2n) is 6.20. The molecule has 28 heavy (non-hydrogen) atoms. The highest BCUT2D eigenvalue weighted by Gasteiger charge is 2.12. The minimum Gasteiger partial charge on any atom is -0.332 e. The summed E-state index contributed by atoms with van der Waals surface area (Å²) in [5.41, 5.74) is 3.33. The van der Waals surface area contributed by atoms with Crippen LogP contribution in [0.3, 0.4) is 0 Å². The van der Waals surface area contributed by atoms with Crippen LogP contribution < -0.4 is 10.6 Å². The van der Waals surface area contributed by atoms with E-state index in [1.807, 2.05) is 50.2 Å². The van der Waals surface area contributed by atoms with E-state index in [-0.39, 0.29) is 11.0 Å². The number of nitrogens with zero attached hydrogens (tertiary/aromatic N) is 4. The fraction of sp³-hybridized carbons (Fsp3) is 0.105. The number of amides is 1. The molecular formula is C19H16N6OS2. The van der Waals surface area contributed by atoms with Crippen molar-refractivity contribution < 1.29 is 4.79 Å². The van der Waals surface area contributed by atoms with E-state index in [4.69, 9.17) is 12.2 Å². The van der Waals surface area contributed by atoms with Gasteiger partial charge in [0.15, 0.2) is 10.9 Å². The molecular weight excluding hydrogens is 392 g/mol. The smallest absolute Gasteiger partial charge is 0.257 e. The SMILES string of the molecule is Cc1ccc(C(=O)NC(=S)Nc2cccc(-c3nn4c(C)nnc4s3)c2)cc1. The van der Waals surface area contributed by atoms with Gasteiger partial charge in [0.1, 0.15) is 5.01 Å². The van der Waals surface area contributed by atoms with Crippen molar-refractivity contribution in [1.82, 2.24) is 25.1 Å². The summed E-state index contributed by atoms with van der Waals surface area (Å²) in [5, 5.41) is 19.4. The molecule has 1 amide bonds. The lowest BCUT2D eigenvalue weighted by Gasteiger charge is -2.10. The summed E-state index contributed by atoms with van der Waals surface area (Å²) >= 11 is 6.73. The molecule has 0 aliphatic heterocycles. The predicted molar refractivity (Wildman–Crippen MR) is 114 cm³/mol. The van der Waals surface area contributed by atoms with Crippen molar-refractivity contribution in [2.24, 2.45) is 0 Å². The summed E-state index contributed by atoms with van der Waals surface area (Å²) in [5.74, 6) is 0.490. The quantitative estimate of drug-likeness (QED) is 0.504. The number of benzene rings is 2. The molecule has 0 unspecified atom stereocenters. The van der Waals surface area contributed by atoms with E-state index in [0.717, 1.165) is 32.6 Å². The van der Waals surface area contributed by atoms with E-state index in [0.29, 0.717) is 5.56 Å². The Kier molecular flexibility index (Phi) is 4.84. The van der Waals surface area contributed by atoms with Gasteiger partial charge in [0.05, 0.1) is 0 Å². The van der Waals surface area contributed by atoms with Crippen molar-refractivity contribution in [2.75, 3.05) is 5.32 Å². The number of nitrogens with one attached hydrogen (secondary N) is 2. The highest BCUT2D eigenvalue weighted by atomic mass is 32.1. The molecule has 0 aliphatic rings. The maximum Gasteiger partial charge on any atom is 0.257 e. The first-order valence-electron chi connectivity index (χ1n) is 8.48. The molecule has 140 valence electrons. The number of carbonyl (C=O) groups is 1. The van der Waals surface area contributed by atoms with Crippen molar-refractivity contribution in [3.63, 3.8) is 0 Å². The Balaban J connectivity index is 1.47. The summed E-state index contributed by atoms with van der Waals surface area (Å²) in [7, 11) is 0. The second-order valence-corrected chi connectivity index (χ2v) is 7.57. The molecule has 0 saturated carbocycles. The molecule has 0 spiro atoms. The first kappa shape index (κ1) is 18.2. The minimum atomic E-state index is -0.252. The Morgan fingerprint density at radius 2 is 1.89 bits per heavy atom. The van der Waals surface area contributed by atoms with Crippen LogP contribution in [0.2, 0.25) is 0 Å². The number of anilines is 1. The largest absolute Gasteiger partial charge is 0.332 e. The highest BCUT2D eigenvalue weighted by Crippen LogP contribution is 2.27. The molecule has 7 nitrogen and oxygen atoms in total. The molecule has 0 fully saturated rings. The van der Waals surface area contributed by atoms with Crippen LogP contribution in [-0.2, 0) is 0 Å². The van der Waals surface area contributed by atoms with Crippen LogP contribution in [0.15, 0.2) is 48.5 Å². The summed E-state index contributed by atoms with van der Waals surface area (Å²) in [4.78, 5) is 13.0. The average molecular weight is 409 g/mol. The van der Waals surface area contributed by atoms with Gasteiger partial charge >= 0.3 is 0 Å². The van der Waals surface area contributed by atoms with Crippen molar-refractivity contribution >= 4 is 45.2 Å². The predicted octanol–water partition coefficient (Wildman–Crippen LogP) is 3.60. The standard InChI is InChI=1S/C19H16N6OS2/c1-11-6-8-13(9-7-11)16(26)21-18(27)20-15-5-3-4-14(10-15)17-24-25-12(2)22-23-19(25)28-17/h3-10H,1-2H3,(H2,20,21,26,27). The van der Waals surface area contributed by atoms with E-state index in [9.17, 15) is 4.79 Å². The molecule has 2 aromatic heterocycles. The number of carbonyl (C=O) groups excluding carboxylic acids is 1. The lowest BCUT2D eigenvalue weighted by molar-refractivity contribution is 0.0977. The molecule has 2 heterocycles. The lowest BCUT2D eigenvalue weighted by Crippen LogP contribution is -2.34. The van der Waals surface area contributed by atoms with Gasteiger partial charge in [0.25, 0.3) is 5.91 Å². The third-order valence-corrected chi connectivity index (χ3v) is 5.21. The Bertz CT molecular complexity index is 1180. The number of rotatable bonds is 3. The van der Waals surface area contributed by atoms with Crippen LogP contribution in [0, 0.1) is 13.8 Å². The first-order chi connectivity index (χ1) is 13.5. The third-order valence-electron chi connectivity index (χ3n) is 4.05. The Hall–Kier alpha value is -3.17. The Labute approximate surface area is 170 Å². The molecule has 0 aliphatic carbocycles. The van der Waals surface area contributed by atoms with Crippen molar-refractivity contribution in [3.8, 4) is 10.6 Å². The number of thiocarbonyl (C=S) groups is 1. The topological polar surface area (TPSA) is 84.2 Å². The van der Waals surface area contributed by atoms with E-state index in [1.165, 1.54) is 11.3 Å². The summed E-state index contributed by atoms with van der Waals surface area (Å²) in [6.45, 7) is 3.83. The fourth-order valence-electron chi connectivity index (χ4n) is 2.60. The maximum atomic E-state index is 12.3. The molecule has 4 aromatic rings. The number of aryl methyl sites for hydroxylation is 2. The Morgan fingerprint density at radius 3 is 2.64 bits per heavy atom. The van der Waals surface area contributed by atoms with Gasteiger partial charge in [-0.15, -0.1) is 10.2 Å². The zero-order valence-electron chi connectivity index (χ0n) is 15.1. The van der Waals surface area contributed by atoms with Gasteiger partial charge in [-0.3, -0.25) is 10.1 Å². The molecule has 0 radical (unpaired) electrons. The zero-order valence-corrected chi connectivity index (χ0v) is 16.8. The van der Waals surface area contributed by atoms with Crippen LogP contribution in [-0.4, -0.2) is 30.8 Å². The normalized spacial score (nSPS) is 10.8. The molecule has 0 atom stereocenters. The van der Waals surface area contributed by atoms with Gasteiger partial charge in [0.2, 0.25) is 4.96 Å². The van der Waals surface area contributed by atoms with Gasteiger partial charge in [-0.25, -0.2) is 0 Å². The van der Waals surface area contributed by atoms with Crippen LogP contribution in [0.1, 0.15) is 21.7 Å². The monoisotopic (exact) mass is 408 g/mol. The fourth-order valence-corrected chi connectivity index (χ4v) is 3.70. The van der Waals surface area contributed by atoms with Crippen molar-refractivity contribution in [2.45, 2.75) is 13.8 Å². The molecule has 0 bridgehead atoms. The molecule has 4 rings (SSSR count). The minimum absolute atomic E-state index is 0.233. The van der Waals surface area contributed by atoms with Crippen LogP contribution >= 0.6 is 23.6 Å². The van der Waals surface area contributed by atoms with Gasteiger partial charge in [-0.1, -0.05) is 41.2 Å². The van der Waals surface area contributed by atoms with Crippen molar-refractivity contribution in [3.05, 3.63) is 65.5 Å². The molecule has 2 aromatic carbocycles. The van der Waals surface area contributed by atoms with Crippen LogP contribution in [0.5, 0.6) is 0 Å². The van der Waals surface area contributed by atoms with Crippen LogP contribution in [0.25, 0.3) is 15.5 Å². The third kappa shape index (κ3) is 3.75. The number of hydrogen-bond acceptors (Lipinski definition) is 6. The van der Waals surface area contributed by atoms with E-state index < -0.39 is 0 Å². The van der Waals surface area contributed by atoms with Gasteiger partial charge in [-0.05, 0) is 50.3 Å². The molecule has 9 heteroatoms. The zero-order chi connectivity index (χ0) is 19.7. The van der Waals surface area contributed by atoms with Crippen LogP contribution in [0.4, 0.5) is 5.69 Å². The van der Waals surface area contributed by atoms with E-state index in [1.54, 1.807) is 16.6 Å². The van der Waals surface area contributed by atoms with Gasteiger partial charge in [-0.2, -0.15) is 9.61 Å². The van der Waals surface area contributed by atoms with E-state index >= 15 is 0 Å². The maximum absolute atomic E-state index is 12.3. The molecule has 0 saturated heterocycles. The van der Waals surface area contributed by atoms with Gasteiger partial charge in [0, 0.05) is 16.8 Å². The Morgan fingerprint density at radius 1 is 1.11 bits per heavy atom. The average Bonchev–Trinajstić information content (AvgIpc) is 3.24. The number of hydrogen-bond donors (Lipinski definition) is 2. The lowest BCUT2D eigenvalue weighted by atomic mass is 10.1. The summed E-state index contributed by atoms with van der Waals surface area (Å²) in [6.07, 6.45) is 0. The number of aromatic nitrogens is 4. The number of fused-ring (bicyclic) bond motifs is 1. The highest BCUT2D eigenvalue weighted by molar-refractivity contribution is 7.80. The van der Waals surface area contributed by atoms with Gasteiger partial charge < -0.3 is 5.32 Å². The first-order valence-corrected chi connectivity index (χ1v) is 9.70. The van der Waals surface area contributed by atoms with E-state index in [2.05, 4.69) is 25.9 Å². The second kappa shape index (κ2) is 7.45. The van der Waals surface area contributed by atoms with Crippen molar-refractivity contribution in [1.29, 1.82) is 0 Å².